The van der Waals surface area contributed by atoms with Crippen molar-refractivity contribution >= 4 is 15.7 Å². The number of sulfonamides is 1. The van der Waals surface area contributed by atoms with Crippen molar-refractivity contribution in [2.24, 2.45) is 7.05 Å². The van der Waals surface area contributed by atoms with Gasteiger partial charge in [0.1, 0.15) is 0 Å². The largest absolute Gasteiger partial charge is 0.416 e. The summed E-state index contributed by atoms with van der Waals surface area (Å²) in [6, 6.07) is 12.1. The monoisotopic (exact) mass is 438 g/mol. The van der Waals surface area contributed by atoms with Gasteiger partial charge in [-0.2, -0.15) is 18.3 Å². The van der Waals surface area contributed by atoms with Crippen LogP contribution in [0.2, 0.25) is 0 Å². The molecule has 3 rings (SSSR count). The van der Waals surface area contributed by atoms with Gasteiger partial charge < -0.3 is 5.32 Å². The summed E-state index contributed by atoms with van der Waals surface area (Å²) < 4.78 is 65.6. The lowest BCUT2D eigenvalue weighted by molar-refractivity contribution is -0.137. The van der Waals surface area contributed by atoms with Crippen LogP contribution in [0, 0.1) is 0 Å². The number of halogens is 3. The van der Waals surface area contributed by atoms with E-state index in [1.807, 2.05) is 6.07 Å². The number of alkyl halides is 3. The number of nitrogens with one attached hydrogen (secondary N) is 2. The molecule has 1 aromatic heterocycles. The number of anilines is 1. The molecular weight excluding hydrogens is 417 g/mol. The van der Waals surface area contributed by atoms with Crippen LogP contribution in [0.1, 0.15) is 5.56 Å². The zero-order chi connectivity index (χ0) is 21.9. The number of nitrogens with zero attached hydrogens (tertiary/aromatic N) is 2. The predicted molar refractivity (Wildman–Crippen MR) is 110 cm³/mol. The molecule has 0 radical (unpaired) electrons. The van der Waals surface area contributed by atoms with Gasteiger partial charge in [0.05, 0.1) is 17.0 Å². The van der Waals surface area contributed by atoms with Gasteiger partial charge in [0.25, 0.3) is 0 Å². The Morgan fingerprint density at radius 1 is 1.03 bits per heavy atom. The van der Waals surface area contributed by atoms with Crippen molar-refractivity contribution in [1.82, 2.24) is 14.5 Å². The number of benzene rings is 2. The van der Waals surface area contributed by atoms with Crippen LogP contribution in [0.15, 0.2) is 54.7 Å². The molecule has 0 saturated carbocycles. The van der Waals surface area contributed by atoms with E-state index in [2.05, 4.69) is 15.1 Å². The highest BCUT2D eigenvalue weighted by Gasteiger charge is 2.30. The third kappa shape index (κ3) is 5.19. The number of aryl methyl sites for hydroxylation is 1. The Morgan fingerprint density at radius 2 is 1.70 bits per heavy atom. The van der Waals surface area contributed by atoms with E-state index in [0.29, 0.717) is 16.9 Å². The minimum atomic E-state index is -4.39. The van der Waals surface area contributed by atoms with Gasteiger partial charge in [0.2, 0.25) is 10.0 Å². The summed E-state index contributed by atoms with van der Waals surface area (Å²) in [4.78, 5) is 0. The van der Waals surface area contributed by atoms with Crippen molar-refractivity contribution in [2.45, 2.75) is 6.18 Å². The summed E-state index contributed by atoms with van der Waals surface area (Å²) in [7, 11) is -0.226. The van der Waals surface area contributed by atoms with Gasteiger partial charge in [-0.3, -0.25) is 4.68 Å². The van der Waals surface area contributed by atoms with Crippen LogP contribution in [0.4, 0.5) is 18.9 Å². The second-order valence-electron chi connectivity index (χ2n) is 6.66. The fourth-order valence-electron chi connectivity index (χ4n) is 2.92. The minimum absolute atomic E-state index is 0.105. The van der Waals surface area contributed by atoms with E-state index in [1.54, 1.807) is 36.1 Å². The van der Waals surface area contributed by atoms with E-state index in [-0.39, 0.29) is 12.3 Å². The van der Waals surface area contributed by atoms with Gasteiger partial charge in [0, 0.05) is 31.0 Å². The lowest BCUT2D eigenvalue weighted by atomic mass is 9.99. The number of rotatable bonds is 7. The molecular formula is C20H21F3N4O2S. The van der Waals surface area contributed by atoms with Gasteiger partial charge in [-0.1, -0.05) is 18.2 Å². The Hall–Kier alpha value is -2.85. The third-order valence-electron chi connectivity index (χ3n) is 4.55. The molecule has 0 amide bonds. The Bertz CT molecular complexity index is 1120. The minimum Gasteiger partial charge on any atom is -0.383 e. The highest BCUT2D eigenvalue weighted by atomic mass is 32.2. The molecule has 3 aromatic rings. The summed E-state index contributed by atoms with van der Waals surface area (Å²) in [5, 5.41) is 7.50. The topological polar surface area (TPSA) is 76.0 Å². The summed E-state index contributed by atoms with van der Waals surface area (Å²) in [6.45, 7) is 0.183. The second-order valence-corrected chi connectivity index (χ2v) is 8.71. The van der Waals surface area contributed by atoms with E-state index >= 15 is 0 Å². The van der Waals surface area contributed by atoms with Gasteiger partial charge >= 0.3 is 6.18 Å². The zero-order valence-corrected chi connectivity index (χ0v) is 17.2. The van der Waals surface area contributed by atoms with Crippen LogP contribution in [0.3, 0.4) is 0 Å². The van der Waals surface area contributed by atoms with E-state index < -0.39 is 21.8 Å². The molecule has 0 fully saturated rings. The van der Waals surface area contributed by atoms with Crippen LogP contribution in [-0.2, 0) is 23.2 Å². The van der Waals surface area contributed by atoms with Gasteiger partial charge in [-0.05, 0) is 48.5 Å². The van der Waals surface area contributed by atoms with Crippen LogP contribution in [-0.4, -0.2) is 37.5 Å². The summed E-state index contributed by atoms with van der Waals surface area (Å²) >= 11 is 0. The lowest BCUT2D eigenvalue weighted by Gasteiger charge is -2.14. The third-order valence-corrected chi connectivity index (χ3v) is 5.92. The van der Waals surface area contributed by atoms with E-state index in [0.717, 1.165) is 23.3 Å². The first-order valence-corrected chi connectivity index (χ1v) is 10.7. The molecule has 6 nitrogen and oxygen atoms in total. The highest BCUT2D eigenvalue weighted by molar-refractivity contribution is 7.89. The van der Waals surface area contributed by atoms with Crippen LogP contribution >= 0.6 is 0 Å². The molecule has 30 heavy (non-hydrogen) atoms. The van der Waals surface area contributed by atoms with E-state index in [1.165, 1.54) is 19.2 Å². The van der Waals surface area contributed by atoms with Crippen LogP contribution in [0.5, 0.6) is 0 Å². The van der Waals surface area contributed by atoms with Crippen molar-refractivity contribution in [3.05, 3.63) is 60.3 Å². The Balaban J connectivity index is 1.93. The van der Waals surface area contributed by atoms with Gasteiger partial charge in [0.15, 0.2) is 0 Å². The number of hydrogen-bond donors (Lipinski definition) is 2. The maximum Gasteiger partial charge on any atom is 0.416 e. The molecule has 2 N–H and O–H groups in total. The van der Waals surface area contributed by atoms with Crippen molar-refractivity contribution in [3.63, 3.8) is 0 Å². The number of aromatic nitrogens is 2. The lowest BCUT2D eigenvalue weighted by Crippen LogP contribution is -2.26. The van der Waals surface area contributed by atoms with E-state index in [9.17, 15) is 21.6 Å². The summed E-state index contributed by atoms with van der Waals surface area (Å²) in [5.74, 6) is -0.105. The first-order chi connectivity index (χ1) is 14.1. The fraction of sp³-hybridized carbons (Fsp3) is 0.250. The Morgan fingerprint density at radius 3 is 2.27 bits per heavy atom. The fourth-order valence-corrected chi connectivity index (χ4v) is 3.50. The van der Waals surface area contributed by atoms with Crippen molar-refractivity contribution in [2.75, 3.05) is 24.7 Å². The normalized spacial score (nSPS) is 12.2. The smallest absolute Gasteiger partial charge is 0.383 e. The SMILES string of the molecule is CNS(=O)(=O)CCNc1ccc(-c2ccc(C(F)(F)F)cc2)cc1-c1ccn(C)n1. The molecule has 10 heteroatoms. The van der Waals surface area contributed by atoms with Crippen LogP contribution < -0.4 is 10.0 Å². The van der Waals surface area contributed by atoms with Crippen LogP contribution in [0.25, 0.3) is 22.4 Å². The Kier molecular flexibility index (Phi) is 6.18. The van der Waals surface area contributed by atoms with E-state index in [4.69, 9.17) is 0 Å². The highest BCUT2D eigenvalue weighted by Crippen LogP contribution is 2.34. The zero-order valence-electron chi connectivity index (χ0n) is 16.4. The molecule has 0 atom stereocenters. The standard InChI is InChI=1S/C20H21F3N4O2S/c1-24-30(28,29)12-10-25-18-8-5-15(13-17(18)19-9-11-27(2)26-19)14-3-6-16(7-4-14)20(21,22)23/h3-9,11,13,24-25H,10,12H2,1-2H3. The maximum absolute atomic E-state index is 12.8. The Labute approximate surface area is 172 Å². The molecule has 0 saturated heterocycles. The average molecular weight is 438 g/mol. The predicted octanol–water partition coefficient (Wildman–Crippen LogP) is 3.73. The molecule has 0 bridgehead atoms. The molecule has 0 aliphatic heterocycles. The molecule has 2 aromatic carbocycles. The second kappa shape index (κ2) is 8.49. The van der Waals surface area contributed by atoms with Gasteiger partial charge in [-0.15, -0.1) is 0 Å². The van der Waals surface area contributed by atoms with Crippen molar-refractivity contribution in [3.8, 4) is 22.4 Å². The first-order valence-electron chi connectivity index (χ1n) is 9.06. The molecule has 0 aliphatic carbocycles. The first kappa shape index (κ1) is 21.8. The summed E-state index contributed by atoms with van der Waals surface area (Å²) in [6.07, 6.45) is -2.62. The van der Waals surface area contributed by atoms with Gasteiger partial charge in [-0.25, -0.2) is 13.1 Å². The molecule has 0 aliphatic rings. The quantitative estimate of drug-likeness (QED) is 0.589. The average Bonchev–Trinajstić information content (AvgIpc) is 3.14. The molecule has 160 valence electrons. The van der Waals surface area contributed by atoms with Crippen molar-refractivity contribution in [1.29, 1.82) is 0 Å². The summed E-state index contributed by atoms with van der Waals surface area (Å²) in [5.41, 5.74) is 2.69. The maximum atomic E-state index is 12.8. The number of hydrogen-bond acceptors (Lipinski definition) is 4. The van der Waals surface area contributed by atoms with Crippen molar-refractivity contribution < 1.29 is 21.6 Å². The molecule has 0 unspecified atom stereocenters. The molecule has 1 heterocycles. The molecule has 0 spiro atoms.